The average molecular weight is 343 g/mol. The van der Waals surface area contributed by atoms with Crippen LogP contribution in [0, 0.1) is 12.7 Å². The number of aryl methyl sites for hydroxylation is 2. The van der Waals surface area contributed by atoms with Crippen LogP contribution in [0.4, 0.5) is 14.9 Å². The molecule has 2 heterocycles. The van der Waals surface area contributed by atoms with Gasteiger partial charge in [0, 0.05) is 19.0 Å². The van der Waals surface area contributed by atoms with E-state index in [0.717, 1.165) is 16.7 Å². The molecule has 25 heavy (non-hydrogen) atoms. The van der Waals surface area contributed by atoms with Crippen molar-refractivity contribution in [2.75, 3.05) is 11.9 Å². The van der Waals surface area contributed by atoms with Gasteiger partial charge in [-0.1, -0.05) is 12.1 Å². The van der Waals surface area contributed by atoms with Crippen molar-refractivity contribution in [3.05, 3.63) is 53.6 Å². The summed E-state index contributed by atoms with van der Waals surface area (Å²) in [6.07, 6.45) is 0.536. The number of amides is 2. The summed E-state index contributed by atoms with van der Waals surface area (Å²) in [5, 5.41) is 20.3. The van der Waals surface area contributed by atoms with Crippen LogP contribution in [0.2, 0.25) is 0 Å². The molecule has 0 spiro atoms. The fourth-order valence-corrected chi connectivity index (χ4v) is 2.57. The van der Waals surface area contributed by atoms with Crippen LogP contribution in [-0.2, 0) is 7.05 Å². The number of rotatable bonds is 4. The Morgan fingerprint density at radius 1 is 1.40 bits per heavy atom. The number of carbonyl (C=O) groups excluding carboxylic acids is 1. The van der Waals surface area contributed by atoms with E-state index < -0.39 is 18.0 Å². The molecular weight excluding hydrogens is 325 g/mol. The van der Waals surface area contributed by atoms with E-state index in [0.29, 0.717) is 11.3 Å². The van der Waals surface area contributed by atoms with Crippen molar-refractivity contribution in [1.82, 2.24) is 20.1 Å². The molecule has 0 aliphatic heterocycles. The zero-order valence-corrected chi connectivity index (χ0v) is 13.8. The number of aliphatic hydroxyl groups excluding tert-OH is 1. The Morgan fingerprint density at radius 3 is 2.96 bits per heavy atom. The molecular formula is C17H18FN5O2. The van der Waals surface area contributed by atoms with Gasteiger partial charge in [0.25, 0.3) is 0 Å². The molecule has 1 atom stereocenters. The van der Waals surface area contributed by atoms with Crippen LogP contribution in [0.1, 0.15) is 17.4 Å². The number of hydrogen-bond donors (Lipinski definition) is 3. The van der Waals surface area contributed by atoms with Gasteiger partial charge in [-0.15, -0.1) is 0 Å². The summed E-state index contributed by atoms with van der Waals surface area (Å²) in [5.41, 5.74) is 2.45. The number of nitrogens with zero attached hydrogens (tertiary/aromatic N) is 3. The molecule has 0 fully saturated rings. The number of carbonyl (C=O) groups is 1. The van der Waals surface area contributed by atoms with Crippen molar-refractivity contribution in [3.8, 4) is 0 Å². The van der Waals surface area contributed by atoms with Gasteiger partial charge in [-0.3, -0.25) is 4.68 Å². The minimum absolute atomic E-state index is 0.0448. The lowest BCUT2D eigenvalue weighted by atomic mass is 10.1. The number of aromatic nitrogens is 3. The highest BCUT2D eigenvalue weighted by atomic mass is 19.1. The van der Waals surface area contributed by atoms with E-state index in [-0.39, 0.29) is 6.54 Å². The van der Waals surface area contributed by atoms with Crippen molar-refractivity contribution in [2.24, 2.45) is 7.05 Å². The molecule has 0 unspecified atom stereocenters. The predicted octanol–water partition coefficient (Wildman–Crippen LogP) is 2.27. The van der Waals surface area contributed by atoms with E-state index in [2.05, 4.69) is 20.7 Å². The van der Waals surface area contributed by atoms with E-state index >= 15 is 0 Å². The third-order valence-corrected chi connectivity index (χ3v) is 3.81. The maximum absolute atomic E-state index is 13.2. The van der Waals surface area contributed by atoms with Crippen LogP contribution >= 0.6 is 0 Å². The smallest absolute Gasteiger partial charge is 0.319 e. The number of anilines is 1. The monoisotopic (exact) mass is 343 g/mol. The number of urea groups is 1. The lowest BCUT2D eigenvalue weighted by Crippen LogP contribution is -2.32. The fraction of sp³-hybridized carbons (Fsp3) is 0.235. The Labute approximate surface area is 143 Å². The number of benzene rings is 1. The van der Waals surface area contributed by atoms with Gasteiger partial charge in [-0.05, 0) is 30.7 Å². The van der Waals surface area contributed by atoms with E-state index in [1.54, 1.807) is 23.9 Å². The Hall–Kier alpha value is -3.00. The molecule has 0 saturated carbocycles. The van der Waals surface area contributed by atoms with Gasteiger partial charge in [0.05, 0.1) is 23.7 Å². The zero-order valence-electron chi connectivity index (χ0n) is 13.8. The summed E-state index contributed by atoms with van der Waals surface area (Å²) in [5.74, 6) is -0.438. The van der Waals surface area contributed by atoms with Crippen molar-refractivity contribution >= 4 is 22.8 Å². The first kappa shape index (κ1) is 16.8. The highest BCUT2D eigenvalue weighted by molar-refractivity contribution is 5.92. The summed E-state index contributed by atoms with van der Waals surface area (Å²) >= 11 is 0. The maximum Gasteiger partial charge on any atom is 0.319 e. The average Bonchev–Trinajstić information content (AvgIpc) is 2.86. The van der Waals surface area contributed by atoms with E-state index in [1.807, 2.05) is 6.92 Å². The van der Waals surface area contributed by atoms with Crippen molar-refractivity contribution < 1.29 is 14.3 Å². The molecule has 0 saturated heterocycles. The first-order chi connectivity index (χ1) is 11.9. The molecule has 2 aromatic heterocycles. The second-order valence-electron chi connectivity index (χ2n) is 5.71. The minimum Gasteiger partial charge on any atom is -0.387 e. The van der Waals surface area contributed by atoms with Gasteiger partial charge in [-0.25, -0.2) is 14.2 Å². The summed E-state index contributed by atoms with van der Waals surface area (Å²) in [6, 6.07) is 6.92. The fourth-order valence-electron chi connectivity index (χ4n) is 2.57. The molecule has 0 radical (unpaired) electrons. The minimum atomic E-state index is -0.998. The SMILES string of the molecule is Cc1nn(C)c2ncc(NC(=O)NC[C@H](O)c3cccc(F)c3)cc12. The Kier molecular flexibility index (Phi) is 4.62. The van der Waals surface area contributed by atoms with Crippen LogP contribution in [0.3, 0.4) is 0 Å². The zero-order chi connectivity index (χ0) is 18.0. The maximum atomic E-state index is 13.2. The summed E-state index contributed by atoms with van der Waals surface area (Å²) < 4.78 is 14.8. The first-order valence-corrected chi connectivity index (χ1v) is 7.72. The van der Waals surface area contributed by atoms with Crippen LogP contribution in [-0.4, -0.2) is 32.4 Å². The van der Waals surface area contributed by atoms with Crippen LogP contribution in [0.15, 0.2) is 36.5 Å². The van der Waals surface area contributed by atoms with Crippen molar-refractivity contribution in [3.63, 3.8) is 0 Å². The van der Waals surface area contributed by atoms with E-state index in [4.69, 9.17) is 0 Å². The Bertz CT molecular complexity index is 925. The summed E-state index contributed by atoms with van der Waals surface area (Å²) in [6.45, 7) is 1.82. The topological polar surface area (TPSA) is 92.1 Å². The Morgan fingerprint density at radius 2 is 2.20 bits per heavy atom. The highest BCUT2D eigenvalue weighted by Crippen LogP contribution is 2.19. The van der Waals surface area contributed by atoms with Gasteiger partial charge in [-0.2, -0.15) is 5.10 Å². The molecule has 130 valence electrons. The molecule has 7 nitrogen and oxygen atoms in total. The number of pyridine rings is 1. The normalized spacial score (nSPS) is 12.2. The third-order valence-electron chi connectivity index (χ3n) is 3.81. The number of aliphatic hydroxyl groups is 1. The van der Waals surface area contributed by atoms with Gasteiger partial charge in [0.2, 0.25) is 0 Å². The summed E-state index contributed by atoms with van der Waals surface area (Å²) in [4.78, 5) is 16.3. The van der Waals surface area contributed by atoms with Crippen molar-refractivity contribution in [2.45, 2.75) is 13.0 Å². The quantitative estimate of drug-likeness (QED) is 0.678. The van der Waals surface area contributed by atoms with Crippen LogP contribution in [0.5, 0.6) is 0 Å². The van der Waals surface area contributed by atoms with Gasteiger partial charge >= 0.3 is 6.03 Å². The molecule has 0 aliphatic carbocycles. The van der Waals surface area contributed by atoms with Gasteiger partial charge in [0.1, 0.15) is 5.82 Å². The number of fused-ring (bicyclic) bond motifs is 1. The molecule has 3 N–H and O–H groups in total. The van der Waals surface area contributed by atoms with E-state index in [1.165, 1.54) is 24.4 Å². The Balaban J connectivity index is 1.62. The lowest BCUT2D eigenvalue weighted by molar-refractivity contribution is 0.174. The van der Waals surface area contributed by atoms with Crippen LogP contribution in [0.25, 0.3) is 11.0 Å². The molecule has 2 amide bonds. The number of nitrogens with one attached hydrogen (secondary N) is 2. The van der Waals surface area contributed by atoms with Gasteiger partial charge in [0.15, 0.2) is 5.65 Å². The lowest BCUT2D eigenvalue weighted by Gasteiger charge is -2.13. The number of halogens is 1. The van der Waals surface area contributed by atoms with Gasteiger partial charge < -0.3 is 15.7 Å². The predicted molar refractivity (Wildman–Crippen MR) is 91.6 cm³/mol. The molecule has 0 bridgehead atoms. The van der Waals surface area contributed by atoms with Crippen molar-refractivity contribution in [1.29, 1.82) is 0 Å². The van der Waals surface area contributed by atoms with E-state index in [9.17, 15) is 14.3 Å². The first-order valence-electron chi connectivity index (χ1n) is 7.72. The third kappa shape index (κ3) is 3.74. The second kappa shape index (κ2) is 6.86. The highest BCUT2D eigenvalue weighted by Gasteiger charge is 2.12. The second-order valence-corrected chi connectivity index (χ2v) is 5.71. The molecule has 8 heteroatoms. The summed E-state index contributed by atoms with van der Waals surface area (Å²) in [7, 11) is 1.80. The molecule has 3 rings (SSSR count). The van der Waals surface area contributed by atoms with Crippen LogP contribution < -0.4 is 10.6 Å². The molecule has 3 aromatic rings. The molecule has 1 aromatic carbocycles. The standard InChI is InChI=1S/C17H18FN5O2/c1-10-14-7-13(8-19-16(14)23(2)22-10)21-17(25)20-9-15(24)11-4-3-5-12(18)6-11/h3-8,15,24H,9H2,1-2H3,(H2,20,21,25)/t15-/m0/s1. The number of hydrogen-bond acceptors (Lipinski definition) is 4. The largest absolute Gasteiger partial charge is 0.387 e. The molecule has 0 aliphatic rings.